The molecule has 1 aromatic heterocycles. The van der Waals surface area contributed by atoms with Crippen molar-refractivity contribution in [3.63, 3.8) is 0 Å². The molecular weight excluding hydrogens is 162 g/mol. The largest absolute Gasteiger partial charge is 0.365 e. The fourth-order valence-corrected chi connectivity index (χ4v) is 1.66. The molecule has 0 spiro atoms. The molecule has 1 heterocycles. The Labute approximate surface area is 78.6 Å². The van der Waals surface area contributed by atoms with E-state index in [4.69, 9.17) is 0 Å². The maximum absolute atomic E-state index is 4.18. The topological polar surface area (TPSA) is 37.8 Å². The van der Waals surface area contributed by atoms with Crippen LogP contribution in [0.25, 0.3) is 0 Å². The Balaban J connectivity index is 2.09. The van der Waals surface area contributed by atoms with E-state index < -0.39 is 0 Å². The van der Waals surface area contributed by atoms with Crippen LogP contribution in [0.2, 0.25) is 0 Å². The Hall–Kier alpha value is -1.12. The van der Waals surface area contributed by atoms with E-state index in [0.717, 1.165) is 11.5 Å². The van der Waals surface area contributed by atoms with Crippen molar-refractivity contribution >= 4 is 5.82 Å². The van der Waals surface area contributed by atoms with Crippen molar-refractivity contribution in [2.45, 2.75) is 38.6 Å². The van der Waals surface area contributed by atoms with Crippen molar-refractivity contribution < 1.29 is 0 Å². The first kappa shape index (κ1) is 8.48. The maximum atomic E-state index is 4.18. The van der Waals surface area contributed by atoms with E-state index in [0.29, 0.717) is 0 Å². The van der Waals surface area contributed by atoms with Crippen molar-refractivity contribution in [3.8, 4) is 0 Å². The van der Waals surface area contributed by atoms with E-state index >= 15 is 0 Å². The molecule has 1 saturated carbocycles. The molecule has 13 heavy (non-hydrogen) atoms. The zero-order valence-electron chi connectivity index (χ0n) is 8.17. The van der Waals surface area contributed by atoms with Gasteiger partial charge in [0.05, 0.1) is 0 Å². The van der Waals surface area contributed by atoms with Crippen LogP contribution < -0.4 is 5.32 Å². The van der Waals surface area contributed by atoms with Gasteiger partial charge in [-0.25, -0.2) is 9.97 Å². The van der Waals surface area contributed by atoms with Gasteiger partial charge in [0.25, 0.3) is 0 Å². The third-order valence-electron chi connectivity index (χ3n) is 2.69. The van der Waals surface area contributed by atoms with Crippen molar-refractivity contribution in [1.82, 2.24) is 9.97 Å². The smallest absolute Gasteiger partial charge is 0.129 e. The highest BCUT2D eigenvalue weighted by Crippen LogP contribution is 2.33. The Morgan fingerprint density at radius 1 is 1.38 bits per heavy atom. The quantitative estimate of drug-likeness (QED) is 0.752. The number of rotatable bonds is 2. The van der Waals surface area contributed by atoms with E-state index in [1.54, 1.807) is 6.33 Å². The van der Waals surface area contributed by atoms with Crippen LogP contribution in [0.4, 0.5) is 5.82 Å². The molecule has 0 aromatic carbocycles. The summed E-state index contributed by atoms with van der Waals surface area (Å²) in [7, 11) is 0. The Morgan fingerprint density at radius 3 is 2.69 bits per heavy atom. The predicted molar refractivity (Wildman–Crippen MR) is 52.6 cm³/mol. The Morgan fingerprint density at radius 2 is 2.15 bits per heavy atom. The molecule has 1 N–H and O–H groups in total. The van der Waals surface area contributed by atoms with Gasteiger partial charge in [0.2, 0.25) is 0 Å². The first-order valence-electron chi connectivity index (χ1n) is 4.75. The average Bonchev–Trinajstić information content (AvgIpc) is 2.01. The molecule has 1 aliphatic rings. The van der Waals surface area contributed by atoms with E-state index in [-0.39, 0.29) is 5.54 Å². The van der Waals surface area contributed by atoms with Gasteiger partial charge in [0, 0.05) is 17.3 Å². The number of nitrogens with one attached hydrogen (secondary N) is 1. The molecule has 3 nitrogen and oxygen atoms in total. The van der Waals surface area contributed by atoms with Gasteiger partial charge in [-0.05, 0) is 33.1 Å². The minimum Gasteiger partial charge on any atom is -0.365 e. The van der Waals surface area contributed by atoms with Crippen molar-refractivity contribution in [2.24, 2.45) is 0 Å². The first-order chi connectivity index (χ1) is 6.18. The molecule has 3 heteroatoms. The molecule has 1 aliphatic carbocycles. The standard InChI is InChI=1S/C10H15N3/c1-8-6-9(12-7-11-8)13-10(2)4-3-5-10/h6-7H,3-5H2,1-2H3,(H,11,12,13). The van der Waals surface area contributed by atoms with Crippen LogP contribution in [-0.4, -0.2) is 15.5 Å². The van der Waals surface area contributed by atoms with Gasteiger partial charge in [0.1, 0.15) is 12.1 Å². The summed E-state index contributed by atoms with van der Waals surface area (Å²) in [4.78, 5) is 8.25. The third kappa shape index (κ3) is 1.79. The second kappa shape index (κ2) is 2.98. The number of aryl methyl sites for hydroxylation is 1. The Kier molecular flexibility index (Phi) is 1.94. The second-order valence-electron chi connectivity index (χ2n) is 4.08. The lowest BCUT2D eigenvalue weighted by Crippen LogP contribution is -2.41. The van der Waals surface area contributed by atoms with Gasteiger partial charge in [-0.2, -0.15) is 0 Å². The number of anilines is 1. The highest BCUT2D eigenvalue weighted by atomic mass is 15.1. The van der Waals surface area contributed by atoms with Crippen LogP contribution in [-0.2, 0) is 0 Å². The van der Waals surface area contributed by atoms with Crippen molar-refractivity contribution in [3.05, 3.63) is 18.1 Å². The highest BCUT2D eigenvalue weighted by Gasteiger charge is 2.31. The summed E-state index contributed by atoms with van der Waals surface area (Å²) in [6, 6.07) is 1.99. The van der Waals surface area contributed by atoms with Crippen LogP contribution in [0.5, 0.6) is 0 Å². The molecule has 2 rings (SSSR count). The van der Waals surface area contributed by atoms with Crippen LogP contribution in [0.15, 0.2) is 12.4 Å². The van der Waals surface area contributed by atoms with Crippen molar-refractivity contribution in [1.29, 1.82) is 0 Å². The third-order valence-corrected chi connectivity index (χ3v) is 2.69. The second-order valence-corrected chi connectivity index (χ2v) is 4.08. The molecular formula is C10H15N3. The number of aromatic nitrogens is 2. The normalized spacial score (nSPS) is 19.2. The van der Waals surface area contributed by atoms with Gasteiger partial charge in [-0.1, -0.05) is 0 Å². The van der Waals surface area contributed by atoms with Crippen LogP contribution in [0.1, 0.15) is 31.9 Å². The molecule has 0 amide bonds. The molecule has 0 unspecified atom stereocenters. The van der Waals surface area contributed by atoms with Crippen molar-refractivity contribution in [2.75, 3.05) is 5.32 Å². The summed E-state index contributed by atoms with van der Waals surface area (Å²) in [6.45, 7) is 4.23. The number of hydrogen-bond donors (Lipinski definition) is 1. The average molecular weight is 177 g/mol. The molecule has 1 aromatic rings. The highest BCUT2D eigenvalue weighted by molar-refractivity contribution is 5.38. The van der Waals surface area contributed by atoms with Crippen LogP contribution >= 0.6 is 0 Å². The fourth-order valence-electron chi connectivity index (χ4n) is 1.66. The minimum absolute atomic E-state index is 0.279. The van der Waals surface area contributed by atoms with Gasteiger partial charge >= 0.3 is 0 Å². The van der Waals surface area contributed by atoms with E-state index in [1.165, 1.54) is 19.3 Å². The summed E-state index contributed by atoms with van der Waals surface area (Å²) in [6.07, 6.45) is 5.43. The lowest BCUT2D eigenvalue weighted by Gasteiger charge is -2.39. The predicted octanol–water partition coefficient (Wildman–Crippen LogP) is 2.14. The molecule has 0 saturated heterocycles. The summed E-state index contributed by atoms with van der Waals surface area (Å²) in [5, 5.41) is 3.44. The monoisotopic (exact) mass is 177 g/mol. The minimum atomic E-state index is 0.279. The fraction of sp³-hybridized carbons (Fsp3) is 0.600. The number of nitrogens with zero attached hydrogens (tertiary/aromatic N) is 2. The van der Waals surface area contributed by atoms with Crippen LogP contribution in [0.3, 0.4) is 0 Å². The molecule has 0 aliphatic heterocycles. The lowest BCUT2D eigenvalue weighted by atomic mass is 9.78. The SMILES string of the molecule is Cc1cc(NC2(C)CCC2)ncn1. The molecule has 1 fully saturated rings. The summed E-state index contributed by atoms with van der Waals surface area (Å²) in [5.74, 6) is 0.953. The first-order valence-corrected chi connectivity index (χ1v) is 4.75. The zero-order valence-corrected chi connectivity index (χ0v) is 8.17. The molecule has 0 atom stereocenters. The van der Waals surface area contributed by atoms with E-state index in [2.05, 4.69) is 22.2 Å². The summed E-state index contributed by atoms with van der Waals surface area (Å²) < 4.78 is 0. The van der Waals surface area contributed by atoms with E-state index in [1.807, 2.05) is 13.0 Å². The van der Waals surface area contributed by atoms with Gasteiger partial charge in [0.15, 0.2) is 0 Å². The zero-order chi connectivity index (χ0) is 9.31. The van der Waals surface area contributed by atoms with Gasteiger partial charge in [-0.3, -0.25) is 0 Å². The molecule has 0 bridgehead atoms. The maximum Gasteiger partial charge on any atom is 0.129 e. The molecule has 0 radical (unpaired) electrons. The molecule has 70 valence electrons. The Bertz CT molecular complexity index is 305. The van der Waals surface area contributed by atoms with Gasteiger partial charge in [-0.15, -0.1) is 0 Å². The van der Waals surface area contributed by atoms with E-state index in [9.17, 15) is 0 Å². The summed E-state index contributed by atoms with van der Waals surface area (Å²) >= 11 is 0. The number of hydrogen-bond acceptors (Lipinski definition) is 3. The van der Waals surface area contributed by atoms with Crippen LogP contribution in [0, 0.1) is 6.92 Å². The van der Waals surface area contributed by atoms with Gasteiger partial charge < -0.3 is 5.32 Å². The summed E-state index contributed by atoms with van der Waals surface area (Å²) in [5.41, 5.74) is 1.29. The lowest BCUT2D eigenvalue weighted by molar-refractivity contribution is 0.305.